The van der Waals surface area contributed by atoms with E-state index in [4.69, 9.17) is 9.15 Å². The highest BCUT2D eigenvalue weighted by Gasteiger charge is 2.21. The van der Waals surface area contributed by atoms with Gasteiger partial charge in [-0.25, -0.2) is 0 Å². The number of hydrogen-bond acceptors (Lipinski definition) is 4. The Labute approximate surface area is 180 Å². The third-order valence-electron chi connectivity index (χ3n) is 5.02. The molecule has 0 unspecified atom stereocenters. The molecule has 1 heterocycles. The van der Waals surface area contributed by atoms with E-state index < -0.39 is 0 Å². The second kappa shape index (κ2) is 8.75. The van der Waals surface area contributed by atoms with E-state index in [1.54, 1.807) is 31.3 Å². The van der Waals surface area contributed by atoms with Crippen LogP contribution in [0.25, 0.3) is 11.0 Å². The summed E-state index contributed by atoms with van der Waals surface area (Å²) in [4.78, 5) is 26.1. The van der Waals surface area contributed by atoms with Crippen LogP contribution in [0.2, 0.25) is 0 Å². The largest absolute Gasteiger partial charge is 0.489 e. The predicted octanol–water partition coefficient (Wildman–Crippen LogP) is 5.25. The van der Waals surface area contributed by atoms with Gasteiger partial charge < -0.3 is 19.4 Å². The lowest BCUT2D eigenvalue weighted by Gasteiger charge is -2.15. The fraction of sp³-hybridized carbons (Fsp3) is 0.120. The van der Waals surface area contributed by atoms with Crippen LogP contribution in [0, 0.1) is 0 Å². The molecule has 31 heavy (non-hydrogen) atoms. The van der Waals surface area contributed by atoms with Gasteiger partial charge in [0.25, 0.3) is 5.91 Å². The molecule has 0 aliphatic heterocycles. The second-order valence-electron chi connectivity index (χ2n) is 7.09. The van der Waals surface area contributed by atoms with E-state index in [0.29, 0.717) is 22.6 Å². The lowest BCUT2D eigenvalue weighted by Crippen LogP contribution is -2.22. The van der Waals surface area contributed by atoms with Crippen LogP contribution in [0.3, 0.4) is 0 Å². The number of nitrogens with zero attached hydrogens (tertiary/aromatic N) is 1. The van der Waals surface area contributed by atoms with Gasteiger partial charge in [-0.05, 0) is 42.5 Å². The third-order valence-corrected chi connectivity index (χ3v) is 5.02. The topological polar surface area (TPSA) is 71.8 Å². The first-order valence-electron chi connectivity index (χ1n) is 9.87. The molecule has 6 nitrogen and oxygen atoms in total. The highest BCUT2D eigenvalue weighted by atomic mass is 16.5. The number of hydrogen-bond donors (Lipinski definition) is 1. The highest BCUT2D eigenvalue weighted by Crippen LogP contribution is 2.28. The molecule has 1 N–H and O–H groups in total. The Hall–Kier alpha value is -4.06. The van der Waals surface area contributed by atoms with Gasteiger partial charge in [-0.3, -0.25) is 9.59 Å². The van der Waals surface area contributed by atoms with Crippen LogP contribution in [-0.4, -0.2) is 18.9 Å². The van der Waals surface area contributed by atoms with Gasteiger partial charge >= 0.3 is 0 Å². The van der Waals surface area contributed by atoms with E-state index in [-0.39, 0.29) is 24.2 Å². The number of para-hydroxylation sites is 2. The molecule has 0 fully saturated rings. The second-order valence-corrected chi connectivity index (χ2v) is 7.09. The molecule has 4 aromatic rings. The van der Waals surface area contributed by atoms with Crippen molar-refractivity contribution in [1.29, 1.82) is 0 Å². The first-order valence-corrected chi connectivity index (χ1v) is 9.87. The number of furan rings is 1. The van der Waals surface area contributed by atoms with Crippen molar-refractivity contribution in [2.24, 2.45) is 0 Å². The quantitative estimate of drug-likeness (QED) is 0.468. The minimum Gasteiger partial charge on any atom is -0.489 e. The van der Waals surface area contributed by atoms with Crippen LogP contribution in [-0.2, 0) is 11.4 Å². The number of carbonyl (C=O) groups excluding carboxylic acids is 2. The van der Waals surface area contributed by atoms with E-state index in [0.717, 1.165) is 11.1 Å². The maximum Gasteiger partial charge on any atom is 0.291 e. The van der Waals surface area contributed by atoms with E-state index in [9.17, 15) is 9.59 Å². The Bertz CT molecular complexity index is 1210. The van der Waals surface area contributed by atoms with Gasteiger partial charge in [0.1, 0.15) is 17.9 Å². The molecule has 0 radical (unpaired) electrons. The highest BCUT2D eigenvalue weighted by molar-refractivity contribution is 6.06. The van der Waals surface area contributed by atoms with E-state index in [2.05, 4.69) is 5.32 Å². The Morgan fingerprint density at radius 2 is 1.61 bits per heavy atom. The first-order chi connectivity index (χ1) is 15.0. The summed E-state index contributed by atoms with van der Waals surface area (Å²) >= 11 is 0. The molecule has 3 aromatic carbocycles. The van der Waals surface area contributed by atoms with Gasteiger partial charge in [0.2, 0.25) is 5.91 Å². The van der Waals surface area contributed by atoms with Crippen LogP contribution < -0.4 is 15.0 Å². The molecule has 2 amide bonds. The summed E-state index contributed by atoms with van der Waals surface area (Å²) < 4.78 is 11.8. The molecule has 0 saturated heterocycles. The number of nitrogens with one attached hydrogen (secondary N) is 1. The smallest absolute Gasteiger partial charge is 0.291 e. The molecule has 0 aliphatic carbocycles. The summed E-state index contributed by atoms with van der Waals surface area (Å²) in [5.74, 6) is 0.490. The van der Waals surface area contributed by atoms with Crippen LogP contribution in [0.15, 0.2) is 83.3 Å². The van der Waals surface area contributed by atoms with Crippen molar-refractivity contribution in [3.05, 3.63) is 90.2 Å². The van der Waals surface area contributed by atoms with Crippen molar-refractivity contribution in [3.8, 4) is 5.75 Å². The molecule has 0 atom stereocenters. The zero-order valence-electron chi connectivity index (χ0n) is 17.3. The average Bonchev–Trinajstić information content (AvgIpc) is 3.17. The maximum absolute atomic E-state index is 13.0. The minimum atomic E-state index is -0.365. The molecule has 1 aromatic heterocycles. The fourth-order valence-corrected chi connectivity index (χ4v) is 3.24. The Morgan fingerprint density at radius 1 is 0.935 bits per heavy atom. The number of benzene rings is 3. The molecule has 0 bridgehead atoms. The van der Waals surface area contributed by atoms with Crippen molar-refractivity contribution < 1.29 is 18.7 Å². The zero-order valence-corrected chi connectivity index (χ0v) is 17.3. The molecular weight excluding hydrogens is 392 g/mol. The SMILES string of the molecule is CC(=O)N(C)c1ccc(NC(=O)c2oc3ccccc3c2COc2ccccc2)cc1. The van der Waals surface area contributed by atoms with Gasteiger partial charge in [-0.1, -0.05) is 36.4 Å². The number of fused-ring (bicyclic) bond motifs is 1. The Morgan fingerprint density at radius 3 is 2.32 bits per heavy atom. The van der Waals surface area contributed by atoms with Crippen LogP contribution in [0.5, 0.6) is 5.75 Å². The van der Waals surface area contributed by atoms with Crippen LogP contribution >= 0.6 is 0 Å². The number of amides is 2. The van der Waals surface area contributed by atoms with Gasteiger partial charge in [0, 0.05) is 36.3 Å². The molecule has 6 heteroatoms. The van der Waals surface area contributed by atoms with Crippen LogP contribution in [0.4, 0.5) is 11.4 Å². The third kappa shape index (κ3) is 4.43. The Balaban J connectivity index is 1.58. The van der Waals surface area contributed by atoms with Gasteiger partial charge in [-0.2, -0.15) is 0 Å². The van der Waals surface area contributed by atoms with Gasteiger partial charge in [0.05, 0.1) is 0 Å². The van der Waals surface area contributed by atoms with E-state index >= 15 is 0 Å². The molecule has 0 saturated carbocycles. The van der Waals surface area contributed by atoms with Gasteiger partial charge in [-0.15, -0.1) is 0 Å². The van der Waals surface area contributed by atoms with E-state index in [1.165, 1.54) is 11.8 Å². The summed E-state index contributed by atoms with van der Waals surface area (Å²) in [6.07, 6.45) is 0. The fourth-order valence-electron chi connectivity index (χ4n) is 3.24. The summed E-state index contributed by atoms with van der Waals surface area (Å²) in [6, 6.07) is 24.0. The van der Waals surface area contributed by atoms with E-state index in [1.807, 2.05) is 54.6 Å². The molecule has 0 spiro atoms. The molecule has 156 valence electrons. The Kier molecular flexibility index (Phi) is 5.71. The van der Waals surface area contributed by atoms with Crippen LogP contribution in [0.1, 0.15) is 23.0 Å². The lowest BCUT2D eigenvalue weighted by molar-refractivity contribution is -0.116. The monoisotopic (exact) mass is 414 g/mol. The van der Waals surface area contributed by atoms with Crippen molar-refractivity contribution in [1.82, 2.24) is 0 Å². The first kappa shape index (κ1) is 20.2. The molecule has 4 rings (SSSR count). The summed E-state index contributed by atoms with van der Waals surface area (Å²) in [5, 5.41) is 3.70. The average molecular weight is 414 g/mol. The number of carbonyl (C=O) groups is 2. The van der Waals surface area contributed by atoms with Crippen molar-refractivity contribution >= 4 is 34.2 Å². The molecular formula is C25H22N2O4. The number of ether oxygens (including phenoxy) is 1. The maximum atomic E-state index is 13.0. The predicted molar refractivity (Wildman–Crippen MR) is 120 cm³/mol. The summed E-state index contributed by atoms with van der Waals surface area (Å²) in [7, 11) is 1.70. The molecule has 0 aliphatic rings. The van der Waals surface area contributed by atoms with Crippen molar-refractivity contribution in [3.63, 3.8) is 0 Å². The normalized spacial score (nSPS) is 10.6. The summed E-state index contributed by atoms with van der Waals surface area (Å²) in [6.45, 7) is 1.70. The van der Waals surface area contributed by atoms with Crippen molar-refractivity contribution in [2.75, 3.05) is 17.3 Å². The number of rotatable bonds is 6. The summed E-state index contributed by atoms with van der Waals surface area (Å²) in [5.41, 5.74) is 2.65. The standard InChI is InChI=1S/C25H22N2O4/c1-17(28)27(2)19-14-12-18(13-15-19)26-25(29)24-22(16-30-20-8-4-3-5-9-20)21-10-6-7-11-23(21)31-24/h3-15H,16H2,1-2H3,(H,26,29). The van der Waals surface area contributed by atoms with Crippen molar-refractivity contribution in [2.45, 2.75) is 13.5 Å². The van der Waals surface area contributed by atoms with Gasteiger partial charge in [0.15, 0.2) is 5.76 Å². The minimum absolute atomic E-state index is 0.0675. The zero-order chi connectivity index (χ0) is 21.8. The lowest BCUT2D eigenvalue weighted by atomic mass is 10.1. The number of anilines is 2.